The summed E-state index contributed by atoms with van der Waals surface area (Å²) in [6.07, 6.45) is -5.15. The van der Waals surface area contributed by atoms with Crippen molar-refractivity contribution in [1.29, 1.82) is 0 Å². The van der Waals surface area contributed by atoms with Crippen LogP contribution in [0.25, 0.3) is 0 Å². The van der Waals surface area contributed by atoms with Gasteiger partial charge in [-0.05, 0) is 48.9 Å². The van der Waals surface area contributed by atoms with Crippen molar-refractivity contribution in [3.63, 3.8) is 0 Å². The average Bonchev–Trinajstić information content (AvgIpc) is 2.54. The highest BCUT2D eigenvalue weighted by molar-refractivity contribution is 5.63. The third kappa shape index (κ3) is 5.19. The van der Waals surface area contributed by atoms with E-state index in [-0.39, 0.29) is 13.2 Å². The molecule has 2 aromatic rings. The minimum atomic E-state index is -4.35. The molecule has 0 saturated heterocycles. The third-order valence-corrected chi connectivity index (χ3v) is 2.97. The number of benzene rings is 2. The molecule has 2 rings (SSSR count). The molecule has 0 atom stereocenters. The highest BCUT2D eigenvalue weighted by Gasteiger charge is 2.29. The van der Waals surface area contributed by atoms with Crippen LogP contribution in [-0.4, -0.2) is 12.8 Å². The number of carbonyl (C=O) groups is 1. The molecule has 4 nitrogen and oxygen atoms in total. The molecular weight excluding hydrogens is 325 g/mol. The van der Waals surface area contributed by atoms with Gasteiger partial charge in [0.1, 0.15) is 18.1 Å². The first-order valence-corrected chi connectivity index (χ1v) is 7.12. The van der Waals surface area contributed by atoms with Crippen LogP contribution in [0, 0.1) is 0 Å². The Morgan fingerprint density at radius 3 is 2.08 bits per heavy atom. The molecule has 0 unspecified atom stereocenters. The molecule has 0 radical (unpaired) electrons. The van der Waals surface area contributed by atoms with Crippen molar-refractivity contribution in [3.05, 3.63) is 59.7 Å². The fraction of sp³-hybridized carbons (Fsp3) is 0.235. The van der Waals surface area contributed by atoms with Crippen molar-refractivity contribution < 1.29 is 32.2 Å². The first-order valence-electron chi connectivity index (χ1n) is 7.12. The number of hydrogen-bond acceptors (Lipinski definition) is 4. The van der Waals surface area contributed by atoms with Gasteiger partial charge in [-0.2, -0.15) is 13.2 Å². The van der Waals surface area contributed by atoms with Gasteiger partial charge in [0.05, 0.1) is 12.2 Å². The average molecular weight is 340 g/mol. The Hall–Kier alpha value is -2.70. The Kier molecular flexibility index (Phi) is 5.68. The molecule has 24 heavy (non-hydrogen) atoms. The zero-order valence-electron chi connectivity index (χ0n) is 12.8. The van der Waals surface area contributed by atoms with E-state index in [9.17, 15) is 18.0 Å². The summed E-state index contributed by atoms with van der Waals surface area (Å²) < 4.78 is 52.4. The molecule has 0 N–H and O–H groups in total. The van der Waals surface area contributed by atoms with E-state index in [2.05, 4.69) is 4.74 Å². The van der Waals surface area contributed by atoms with E-state index in [4.69, 9.17) is 9.47 Å². The van der Waals surface area contributed by atoms with Crippen molar-refractivity contribution in [2.75, 3.05) is 6.61 Å². The summed E-state index contributed by atoms with van der Waals surface area (Å²) in [5, 5.41) is 0. The maximum Gasteiger partial charge on any atom is 0.513 e. The second kappa shape index (κ2) is 7.72. The first-order chi connectivity index (χ1) is 11.4. The monoisotopic (exact) mass is 340 g/mol. The van der Waals surface area contributed by atoms with Crippen molar-refractivity contribution >= 4 is 6.16 Å². The smallest absolute Gasteiger partial charge is 0.489 e. The summed E-state index contributed by atoms with van der Waals surface area (Å²) in [6, 6.07) is 11.0. The summed E-state index contributed by atoms with van der Waals surface area (Å²) >= 11 is 0. The molecular formula is C17H15F3O4. The second-order valence-corrected chi connectivity index (χ2v) is 4.74. The topological polar surface area (TPSA) is 44.8 Å². The van der Waals surface area contributed by atoms with E-state index in [0.717, 1.165) is 12.1 Å². The summed E-state index contributed by atoms with van der Waals surface area (Å²) in [6.45, 7) is 2.00. The lowest BCUT2D eigenvalue weighted by molar-refractivity contribution is -0.137. The van der Waals surface area contributed by atoms with E-state index in [1.165, 1.54) is 24.3 Å². The molecule has 0 bridgehead atoms. The fourth-order valence-electron chi connectivity index (χ4n) is 1.80. The van der Waals surface area contributed by atoms with Crippen LogP contribution in [0.1, 0.15) is 18.1 Å². The molecule has 2 aromatic carbocycles. The highest BCUT2D eigenvalue weighted by atomic mass is 19.4. The van der Waals surface area contributed by atoms with Gasteiger partial charge in [0, 0.05) is 0 Å². The van der Waals surface area contributed by atoms with Crippen molar-refractivity contribution in [2.24, 2.45) is 0 Å². The van der Waals surface area contributed by atoms with Gasteiger partial charge >= 0.3 is 12.3 Å². The Balaban J connectivity index is 1.89. The number of carbonyl (C=O) groups excluding carboxylic acids is 1. The maximum absolute atomic E-state index is 12.5. The van der Waals surface area contributed by atoms with Gasteiger partial charge in [-0.1, -0.05) is 12.1 Å². The molecule has 0 aromatic heterocycles. The van der Waals surface area contributed by atoms with Crippen LogP contribution in [0.5, 0.6) is 11.5 Å². The van der Waals surface area contributed by atoms with Gasteiger partial charge in [0.15, 0.2) is 0 Å². The Morgan fingerprint density at radius 2 is 1.54 bits per heavy atom. The van der Waals surface area contributed by atoms with Crippen LogP contribution < -0.4 is 9.47 Å². The largest absolute Gasteiger partial charge is 0.513 e. The molecule has 7 heteroatoms. The Bertz CT molecular complexity index is 664. The van der Waals surface area contributed by atoms with E-state index in [1.807, 2.05) is 0 Å². The fourth-order valence-corrected chi connectivity index (χ4v) is 1.80. The summed E-state index contributed by atoms with van der Waals surface area (Å²) in [5.41, 5.74) is -0.0958. The standard InChI is InChI=1S/C17H15F3O4/c1-2-22-16(21)24-15-9-7-14(8-10-15)23-11-12-3-5-13(6-4-12)17(18,19)20/h3-10H,2,11H2,1H3. The number of hydrogen-bond donors (Lipinski definition) is 0. The van der Waals surface area contributed by atoms with Gasteiger partial charge in [-0.25, -0.2) is 4.79 Å². The molecule has 0 aliphatic carbocycles. The highest BCUT2D eigenvalue weighted by Crippen LogP contribution is 2.29. The minimum Gasteiger partial charge on any atom is -0.489 e. The van der Waals surface area contributed by atoms with E-state index in [1.54, 1.807) is 19.1 Å². The number of ether oxygens (including phenoxy) is 3. The van der Waals surface area contributed by atoms with Crippen LogP contribution >= 0.6 is 0 Å². The summed E-state index contributed by atoms with van der Waals surface area (Å²) in [7, 11) is 0. The quantitative estimate of drug-likeness (QED) is 0.578. The third-order valence-electron chi connectivity index (χ3n) is 2.97. The molecule has 128 valence electrons. The maximum atomic E-state index is 12.5. The molecule has 0 aliphatic heterocycles. The van der Waals surface area contributed by atoms with Crippen LogP contribution in [0.4, 0.5) is 18.0 Å². The molecule has 0 heterocycles. The summed E-state index contributed by atoms with van der Waals surface area (Å²) in [5.74, 6) is 0.793. The van der Waals surface area contributed by atoms with Crippen LogP contribution in [0.15, 0.2) is 48.5 Å². The normalized spacial score (nSPS) is 11.0. The van der Waals surface area contributed by atoms with Gasteiger partial charge in [-0.3, -0.25) is 0 Å². The van der Waals surface area contributed by atoms with E-state index in [0.29, 0.717) is 17.1 Å². The van der Waals surface area contributed by atoms with Gasteiger partial charge in [0.25, 0.3) is 0 Å². The lowest BCUT2D eigenvalue weighted by atomic mass is 10.1. The lowest BCUT2D eigenvalue weighted by Gasteiger charge is -2.09. The Morgan fingerprint density at radius 1 is 0.958 bits per heavy atom. The molecule has 0 saturated carbocycles. The lowest BCUT2D eigenvalue weighted by Crippen LogP contribution is -2.09. The zero-order chi connectivity index (χ0) is 17.6. The van der Waals surface area contributed by atoms with E-state index >= 15 is 0 Å². The SMILES string of the molecule is CCOC(=O)Oc1ccc(OCc2ccc(C(F)(F)F)cc2)cc1. The second-order valence-electron chi connectivity index (χ2n) is 4.74. The van der Waals surface area contributed by atoms with Gasteiger partial charge in [-0.15, -0.1) is 0 Å². The van der Waals surface area contributed by atoms with Crippen LogP contribution in [0.2, 0.25) is 0 Å². The molecule has 0 spiro atoms. The molecule has 0 aliphatic rings. The number of halogens is 3. The van der Waals surface area contributed by atoms with Crippen LogP contribution in [-0.2, 0) is 17.5 Å². The number of alkyl halides is 3. The Labute approximate surface area is 136 Å². The summed E-state index contributed by atoms with van der Waals surface area (Å²) in [4.78, 5) is 11.2. The molecule has 0 amide bonds. The predicted molar refractivity (Wildman–Crippen MR) is 79.9 cm³/mol. The first kappa shape index (κ1) is 17.7. The zero-order valence-corrected chi connectivity index (χ0v) is 12.8. The van der Waals surface area contributed by atoms with Crippen molar-refractivity contribution in [1.82, 2.24) is 0 Å². The van der Waals surface area contributed by atoms with Crippen molar-refractivity contribution in [2.45, 2.75) is 19.7 Å². The van der Waals surface area contributed by atoms with E-state index < -0.39 is 17.9 Å². The van der Waals surface area contributed by atoms with Crippen LogP contribution in [0.3, 0.4) is 0 Å². The van der Waals surface area contributed by atoms with Gasteiger partial charge in [0.2, 0.25) is 0 Å². The van der Waals surface area contributed by atoms with Gasteiger partial charge < -0.3 is 14.2 Å². The number of rotatable bonds is 5. The van der Waals surface area contributed by atoms with Crippen molar-refractivity contribution in [3.8, 4) is 11.5 Å². The minimum absolute atomic E-state index is 0.121. The predicted octanol–water partition coefficient (Wildman–Crippen LogP) is 4.82. The molecule has 0 fully saturated rings.